The smallest absolute Gasteiger partial charge is 0.320 e. The van der Waals surface area contributed by atoms with Crippen molar-refractivity contribution in [2.24, 2.45) is 0 Å². The van der Waals surface area contributed by atoms with Crippen LogP contribution >= 0.6 is 0 Å². The number of carboxylic acid groups (broad SMARTS) is 1. The second kappa shape index (κ2) is 5.87. The van der Waals surface area contributed by atoms with E-state index in [-0.39, 0.29) is 0 Å². The zero-order valence-corrected chi connectivity index (χ0v) is 10.6. The molecule has 0 amide bonds. The molecule has 2 N–H and O–H groups in total. The van der Waals surface area contributed by atoms with Gasteiger partial charge in [0, 0.05) is 6.42 Å². The van der Waals surface area contributed by atoms with E-state index in [0.29, 0.717) is 13.0 Å². The Kier molecular flexibility index (Phi) is 4.20. The minimum absolute atomic E-state index is 0.413. The second-order valence-corrected chi connectivity index (χ2v) is 4.60. The van der Waals surface area contributed by atoms with E-state index in [2.05, 4.69) is 17.4 Å². The number of fused-ring (bicyclic) bond motifs is 1. The van der Waals surface area contributed by atoms with Crippen molar-refractivity contribution in [1.29, 1.82) is 0 Å². The van der Waals surface area contributed by atoms with E-state index in [1.165, 1.54) is 17.5 Å². The number of carboxylic acids is 1. The van der Waals surface area contributed by atoms with E-state index in [1.54, 1.807) is 7.05 Å². The molecule has 4 nitrogen and oxygen atoms in total. The standard InChI is InChI=1S/C14H19NO3/c1-15-13(14(16)17)7-8-18-12-6-5-10-3-2-4-11(10)9-12/h5-6,9,13,15H,2-4,7-8H2,1H3,(H,16,17). The summed E-state index contributed by atoms with van der Waals surface area (Å²) in [5, 5.41) is 11.6. The molecular weight excluding hydrogens is 230 g/mol. The fourth-order valence-electron chi connectivity index (χ4n) is 2.32. The lowest BCUT2D eigenvalue weighted by molar-refractivity contribution is -0.139. The molecule has 0 aromatic heterocycles. The fourth-order valence-corrected chi connectivity index (χ4v) is 2.32. The highest BCUT2D eigenvalue weighted by molar-refractivity contribution is 5.73. The highest BCUT2D eigenvalue weighted by atomic mass is 16.5. The van der Waals surface area contributed by atoms with Crippen LogP contribution in [0.2, 0.25) is 0 Å². The summed E-state index contributed by atoms with van der Waals surface area (Å²) < 4.78 is 5.61. The summed E-state index contributed by atoms with van der Waals surface area (Å²) in [6, 6.07) is 5.63. The van der Waals surface area contributed by atoms with Crippen molar-refractivity contribution < 1.29 is 14.6 Å². The third-order valence-corrected chi connectivity index (χ3v) is 3.39. The van der Waals surface area contributed by atoms with Gasteiger partial charge in [-0.3, -0.25) is 4.79 Å². The van der Waals surface area contributed by atoms with Crippen molar-refractivity contribution in [3.8, 4) is 5.75 Å². The largest absolute Gasteiger partial charge is 0.494 e. The molecule has 0 aliphatic heterocycles. The third kappa shape index (κ3) is 3.01. The number of carbonyl (C=O) groups is 1. The first-order valence-corrected chi connectivity index (χ1v) is 6.35. The number of hydrogen-bond acceptors (Lipinski definition) is 3. The number of likely N-dealkylation sites (N-methyl/N-ethyl adjacent to an activating group) is 1. The quantitative estimate of drug-likeness (QED) is 0.804. The SMILES string of the molecule is CNC(CCOc1ccc2c(c1)CCC2)C(=O)O. The lowest BCUT2D eigenvalue weighted by Gasteiger charge is -2.12. The Balaban J connectivity index is 1.85. The van der Waals surface area contributed by atoms with E-state index in [1.807, 2.05) is 6.07 Å². The summed E-state index contributed by atoms with van der Waals surface area (Å²) >= 11 is 0. The van der Waals surface area contributed by atoms with Crippen molar-refractivity contribution >= 4 is 5.97 Å². The molecule has 1 atom stereocenters. The van der Waals surface area contributed by atoms with Gasteiger partial charge < -0.3 is 15.2 Å². The first-order valence-electron chi connectivity index (χ1n) is 6.35. The number of aliphatic carboxylic acids is 1. The summed E-state index contributed by atoms with van der Waals surface area (Å²) in [6.45, 7) is 0.413. The Hall–Kier alpha value is -1.55. The van der Waals surface area contributed by atoms with Gasteiger partial charge in [-0.15, -0.1) is 0 Å². The molecule has 98 valence electrons. The average molecular weight is 249 g/mol. The first-order chi connectivity index (χ1) is 8.70. The molecule has 0 spiro atoms. The molecule has 0 radical (unpaired) electrons. The highest BCUT2D eigenvalue weighted by Gasteiger charge is 2.15. The molecule has 0 saturated carbocycles. The van der Waals surface area contributed by atoms with Crippen LogP contribution in [0, 0.1) is 0 Å². The molecule has 1 aliphatic rings. The van der Waals surface area contributed by atoms with Crippen LogP contribution in [0.15, 0.2) is 18.2 Å². The van der Waals surface area contributed by atoms with Gasteiger partial charge in [0.25, 0.3) is 0 Å². The van der Waals surface area contributed by atoms with Crippen molar-refractivity contribution in [2.75, 3.05) is 13.7 Å². The molecule has 4 heteroatoms. The van der Waals surface area contributed by atoms with Crippen molar-refractivity contribution in [3.05, 3.63) is 29.3 Å². The van der Waals surface area contributed by atoms with Crippen LogP contribution in [-0.2, 0) is 17.6 Å². The maximum absolute atomic E-state index is 10.8. The third-order valence-electron chi connectivity index (χ3n) is 3.39. The molecule has 0 saturated heterocycles. The Bertz CT molecular complexity index is 431. The predicted molar refractivity (Wildman–Crippen MR) is 69.1 cm³/mol. The maximum atomic E-state index is 10.8. The summed E-state index contributed by atoms with van der Waals surface area (Å²) in [7, 11) is 1.65. The number of rotatable bonds is 6. The van der Waals surface area contributed by atoms with E-state index in [4.69, 9.17) is 9.84 Å². The normalized spacial score (nSPS) is 15.2. The molecule has 0 heterocycles. The minimum atomic E-state index is -0.838. The lowest BCUT2D eigenvalue weighted by Crippen LogP contribution is -2.35. The molecule has 1 aromatic carbocycles. The van der Waals surface area contributed by atoms with Crippen LogP contribution in [-0.4, -0.2) is 30.8 Å². The maximum Gasteiger partial charge on any atom is 0.320 e. The van der Waals surface area contributed by atoms with E-state index < -0.39 is 12.0 Å². The van der Waals surface area contributed by atoms with Crippen LogP contribution in [0.4, 0.5) is 0 Å². The summed E-state index contributed by atoms with van der Waals surface area (Å²) in [4.78, 5) is 10.8. The van der Waals surface area contributed by atoms with Crippen molar-refractivity contribution in [1.82, 2.24) is 5.32 Å². The number of aryl methyl sites for hydroxylation is 2. The van der Waals surface area contributed by atoms with Gasteiger partial charge >= 0.3 is 5.97 Å². The van der Waals surface area contributed by atoms with E-state index in [0.717, 1.165) is 18.6 Å². The average Bonchev–Trinajstić information content (AvgIpc) is 2.81. The molecule has 18 heavy (non-hydrogen) atoms. The number of hydrogen-bond donors (Lipinski definition) is 2. The zero-order chi connectivity index (χ0) is 13.0. The van der Waals surface area contributed by atoms with Gasteiger partial charge in [-0.05, 0) is 49.6 Å². The first kappa shape index (κ1) is 12.9. The Morgan fingerprint density at radius 2 is 2.22 bits per heavy atom. The number of ether oxygens (including phenoxy) is 1. The molecule has 0 fully saturated rings. The van der Waals surface area contributed by atoms with Crippen LogP contribution in [0.5, 0.6) is 5.75 Å². The molecule has 1 unspecified atom stereocenters. The monoisotopic (exact) mass is 249 g/mol. The van der Waals surface area contributed by atoms with E-state index in [9.17, 15) is 4.79 Å². The highest BCUT2D eigenvalue weighted by Crippen LogP contribution is 2.26. The predicted octanol–water partition coefficient (Wildman–Crippen LogP) is 1.62. The van der Waals surface area contributed by atoms with Gasteiger partial charge in [0.05, 0.1) is 6.61 Å². The fraction of sp³-hybridized carbons (Fsp3) is 0.500. The molecule has 1 aliphatic carbocycles. The Morgan fingerprint density at radius 1 is 1.44 bits per heavy atom. The van der Waals surface area contributed by atoms with Gasteiger partial charge in [-0.2, -0.15) is 0 Å². The van der Waals surface area contributed by atoms with Crippen LogP contribution < -0.4 is 10.1 Å². The van der Waals surface area contributed by atoms with Gasteiger partial charge in [-0.25, -0.2) is 0 Å². The molecule has 1 aromatic rings. The topological polar surface area (TPSA) is 58.6 Å². The molecule has 0 bridgehead atoms. The van der Waals surface area contributed by atoms with Gasteiger partial charge in [-0.1, -0.05) is 6.07 Å². The summed E-state index contributed by atoms with van der Waals surface area (Å²) in [5.41, 5.74) is 2.79. The Morgan fingerprint density at radius 3 is 2.94 bits per heavy atom. The van der Waals surface area contributed by atoms with Gasteiger partial charge in [0.2, 0.25) is 0 Å². The van der Waals surface area contributed by atoms with Gasteiger partial charge in [0.1, 0.15) is 11.8 Å². The zero-order valence-electron chi connectivity index (χ0n) is 10.6. The summed E-state index contributed by atoms with van der Waals surface area (Å²) in [6.07, 6.45) is 3.97. The van der Waals surface area contributed by atoms with Gasteiger partial charge in [0.15, 0.2) is 0 Å². The van der Waals surface area contributed by atoms with Crippen LogP contribution in [0.25, 0.3) is 0 Å². The number of benzene rings is 1. The second-order valence-electron chi connectivity index (χ2n) is 4.60. The number of nitrogens with one attached hydrogen (secondary N) is 1. The van der Waals surface area contributed by atoms with Crippen LogP contribution in [0.1, 0.15) is 24.0 Å². The van der Waals surface area contributed by atoms with Crippen LogP contribution in [0.3, 0.4) is 0 Å². The lowest BCUT2D eigenvalue weighted by atomic mass is 10.1. The van der Waals surface area contributed by atoms with Crippen molar-refractivity contribution in [2.45, 2.75) is 31.7 Å². The minimum Gasteiger partial charge on any atom is -0.494 e. The molecular formula is C14H19NO3. The molecule has 2 rings (SSSR count). The van der Waals surface area contributed by atoms with E-state index >= 15 is 0 Å². The Labute approximate surface area is 107 Å². The van der Waals surface area contributed by atoms with Crippen molar-refractivity contribution in [3.63, 3.8) is 0 Å². The summed E-state index contributed by atoms with van der Waals surface area (Å²) in [5.74, 6) is 0.00550.